The second kappa shape index (κ2) is 8.00. The highest BCUT2D eigenvalue weighted by atomic mass is 79.9. The first-order valence-corrected chi connectivity index (χ1v) is 13.8. The van der Waals surface area contributed by atoms with Crippen molar-refractivity contribution >= 4 is 47.1 Å². The molecule has 2 aromatic heterocycles. The van der Waals surface area contributed by atoms with Crippen LogP contribution in [0.1, 0.15) is 52.5 Å². The number of rotatable bonds is 4. The van der Waals surface area contributed by atoms with Crippen LogP contribution in [0.2, 0.25) is 18.1 Å². The van der Waals surface area contributed by atoms with Gasteiger partial charge in [-0.3, -0.25) is 9.58 Å². The van der Waals surface area contributed by atoms with Gasteiger partial charge in [0, 0.05) is 25.4 Å². The van der Waals surface area contributed by atoms with Gasteiger partial charge in [-0.2, -0.15) is 5.10 Å². The molecule has 9 heteroatoms. The summed E-state index contributed by atoms with van der Waals surface area (Å²) in [5, 5.41) is 15.1. The minimum absolute atomic E-state index is 0.215. The molecule has 1 amide bonds. The van der Waals surface area contributed by atoms with Crippen molar-refractivity contribution in [3.63, 3.8) is 0 Å². The van der Waals surface area contributed by atoms with E-state index in [1.807, 2.05) is 4.68 Å². The summed E-state index contributed by atoms with van der Waals surface area (Å²) in [7, 11) is -0.268. The highest BCUT2D eigenvalue weighted by molar-refractivity contribution is 9.10. The van der Waals surface area contributed by atoms with Crippen LogP contribution in [0.4, 0.5) is 10.6 Å². The van der Waals surface area contributed by atoms with Gasteiger partial charge in [-0.05, 0) is 59.7 Å². The first-order valence-electron chi connectivity index (χ1n) is 10.1. The van der Waals surface area contributed by atoms with E-state index in [9.17, 15) is 9.90 Å². The standard InChI is InChI=1S/C20H31BrN4O3Si/c1-20(2,3)29(5,6)28-14-9-7-13(8-10-14)25-16-11-17(24(4)19(26)27)22-12-15(16)18(21)23-25/h11-14H,7-10H2,1-6H3,(H,26,27). The quantitative estimate of drug-likeness (QED) is 0.555. The number of carbonyl (C=O) groups is 1. The Kier molecular flexibility index (Phi) is 6.13. The minimum Gasteiger partial charge on any atom is -0.465 e. The van der Waals surface area contributed by atoms with Crippen molar-refractivity contribution < 1.29 is 14.3 Å². The SMILES string of the molecule is CN(C(=O)O)c1cc2c(cn1)c(Br)nn2C1CCC(O[Si](C)(C)C(C)(C)C)CC1. The summed E-state index contributed by atoms with van der Waals surface area (Å²) in [6, 6.07) is 2.08. The Labute approximate surface area is 181 Å². The smallest absolute Gasteiger partial charge is 0.412 e. The lowest BCUT2D eigenvalue weighted by atomic mass is 9.93. The van der Waals surface area contributed by atoms with Crippen LogP contribution in [-0.2, 0) is 4.43 Å². The number of halogens is 1. The van der Waals surface area contributed by atoms with Gasteiger partial charge < -0.3 is 9.53 Å². The number of hydrogen-bond acceptors (Lipinski definition) is 4. The van der Waals surface area contributed by atoms with Crippen molar-refractivity contribution in [1.29, 1.82) is 0 Å². The minimum atomic E-state index is -1.76. The molecule has 2 heterocycles. The van der Waals surface area contributed by atoms with Gasteiger partial charge in [0.25, 0.3) is 0 Å². The zero-order valence-electron chi connectivity index (χ0n) is 18.1. The van der Waals surface area contributed by atoms with E-state index in [0.717, 1.165) is 46.1 Å². The summed E-state index contributed by atoms with van der Waals surface area (Å²) in [4.78, 5) is 16.7. The summed E-state index contributed by atoms with van der Waals surface area (Å²) in [6.07, 6.45) is 4.98. The zero-order chi connectivity index (χ0) is 21.6. The molecule has 1 aliphatic carbocycles. The van der Waals surface area contributed by atoms with Crippen LogP contribution in [0.15, 0.2) is 16.9 Å². The number of anilines is 1. The number of nitrogens with zero attached hydrogens (tertiary/aromatic N) is 4. The molecule has 2 aromatic rings. The van der Waals surface area contributed by atoms with E-state index in [2.05, 4.69) is 54.8 Å². The first-order chi connectivity index (χ1) is 13.4. The predicted octanol–water partition coefficient (Wildman–Crippen LogP) is 5.81. The number of fused-ring (bicyclic) bond motifs is 1. The summed E-state index contributed by atoms with van der Waals surface area (Å²) < 4.78 is 9.39. The Morgan fingerprint density at radius 2 is 1.93 bits per heavy atom. The Balaban J connectivity index is 1.78. The molecule has 3 rings (SSSR count). The Bertz CT molecular complexity index is 901. The van der Waals surface area contributed by atoms with Crippen LogP contribution in [-0.4, -0.2) is 47.4 Å². The predicted molar refractivity (Wildman–Crippen MR) is 121 cm³/mol. The van der Waals surface area contributed by atoms with Crippen molar-refractivity contribution in [2.24, 2.45) is 0 Å². The molecule has 1 N–H and O–H groups in total. The third-order valence-corrected chi connectivity index (χ3v) is 11.5. The van der Waals surface area contributed by atoms with Gasteiger partial charge in [0.05, 0.1) is 16.9 Å². The van der Waals surface area contributed by atoms with E-state index >= 15 is 0 Å². The van der Waals surface area contributed by atoms with Crippen molar-refractivity contribution in [2.75, 3.05) is 11.9 Å². The highest BCUT2D eigenvalue weighted by Gasteiger charge is 2.40. The molecule has 0 spiro atoms. The van der Waals surface area contributed by atoms with Gasteiger partial charge in [0.15, 0.2) is 8.32 Å². The van der Waals surface area contributed by atoms with Gasteiger partial charge in [-0.25, -0.2) is 9.78 Å². The second-order valence-electron chi connectivity index (χ2n) is 9.45. The van der Waals surface area contributed by atoms with Gasteiger partial charge in [0.2, 0.25) is 0 Å². The lowest BCUT2D eigenvalue weighted by Crippen LogP contribution is -2.44. The number of pyridine rings is 1. The van der Waals surface area contributed by atoms with E-state index in [1.54, 1.807) is 12.3 Å². The molecule has 29 heavy (non-hydrogen) atoms. The molecule has 0 radical (unpaired) electrons. The average molecular weight is 483 g/mol. The molecule has 0 aromatic carbocycles. The summed E-state index contributed by atoms with van der Waals surface area (Å²) in [5.41, 5.74) is 0.906. The maximum Gasteiger partial charge on any atom is 0.412 e. The molecule has 1 fully saturated rings. The molecule has 0 aliphatic heterocycles. The largest absolute Gasteiger partial charge is 0.465 e. The Hall–Kier alpha value is -1.45. The molecule has 0 unspecified atom stereocenters. The highest BCUT2D eigenvalue weighted by Crippen LogP contribution is 2.41. The molecular weight excluding hydrogens is 452 g/mol. The topological polar surface area (TPSA) is 80.5 Å². The number of hydrogen-bond donors (Lipinski definition) is 1. The molecule has 0 bridgehead atoms. The lowest BCUT2D eigenvalue weighted by Gasteiger charge is -2.41. The van der Waals surface area contributed by atoms with Gasteiger partial charge in [-0.15, -0.1) is 0 Å². The zero-order valence-corrected chi connectivity index (χ0v) is 20.7. The average Bonchev–Trinajstić information content (AvgIpc) is 2.96. The second-order valence-corrected chi connectivity index (χ2v) is 15.0. The summed E-state index contributed by atoms with van der Waals surface area (Å²) >= 11 is 3.53. The number of carboxylic acid groups (broad SMARTS) is 1. The molecule has 7 nitrogen and oxygen atoms in total. The fourth-order valence-corrected chi connectivity index (χ4v) is 5.44. The molecular formula is C20H31BrN4O3Si. The molecule has 1 aliphatic rings. The summed E-state index contributed by atoms with van der Waals surface area (Å²) in [5.74, 6) is 0.397. The van der Waals surface area contributed by atoms with Crippen LogP contribution < -0.4 is 4.90 Å². The van der Waals surface area contributed by atoms with Crippen LogP contribution >= 0.6 is 15.9 Å². The van der Waals surface area contributed by atoms with E-state index in [-0.39, 0.29) is 11.1 Å². The Morgan fingerprint density at radius 1 is 1.31 bits per heavy atom. The molecule has 1 saturated carbocycles. The molecule has 0 saturated heterocycles. The fraction of sp³-hybridized carbons (Fsp3) is 0.650. The van der Waals surface area contributed by atoms with E-state index in [4.69, 9.17) is 9.52 Å². The number of amides is 1. The monoisotopic (exact) mass is 482 g/mol. The van der Waals surface area contributed by atoms with E-state index in [0.29, 0.717) is 11.9 Å². The van der Waals surface area contributed by atoms with E-state index < -0.39 is 14.4 Å². The van der Waals surface area contributed by atoms with Crippen LogP contribution in [0, 0.1) is 0 Å². The van der Waals surface area contributed by atoms with Crippen molar-refractivity contribution in [3.05, 3.63) is 16.9 Å². The summed E-state index contributed by atoms with van der Waals surface area (Å²) in [6.45, 7) is 11.4. The Morgan fingerprint density at radius 3 is 2.48 bits per heavy atom. The van der Waals surface area contributed by atoms with Crippen molar-refractivity contribution in [2.45, 2.75) is 76.7 Å². The van der Waals surface area contributed by atoms with Crippen molar-refractivity contribution in [3.8, 4) is 0 Å². The maximum atomic E-state index is 11.3. The first kappa shape index (κ1) is 22.2. The lowest BCUT2D eigenvalue weighted by molar-refractivity contribution is 0.116. The van der Waals surface area contributed by atoms with Crippen LogP contribution in [0.5, 0.6) is 0 Å². The third-order valence-electron chi connectivity index (χ3n) is 6.42. The normalized spacial score (nSPS) is 20.8. The fourth-order valence-electron chi connectivity index (χ4n) is 3.55. The maximum absolute atomic E-state index is 11.3. The van der Waals surface area contributed by atoms with E-state index in [1.165, 1.54) is 7.05 Å². The van der Waals surface area contributed by atoms with Gasteiger partial charge >= 0.3 is 6.09 Å². The third kappa shape index (κ3) is 4.51. The van der Waals surface area contributed by atoms with Gasteiger partial charge in [-0.1, -0.05) is 20.8 Å². The molecule has 160 valence electrons. The van der Waals surface area contributed by atoms with Gasteiger partial charge in [0.1, 0.15) is 10.4 Å². The van der Waals surface area contributed by atoms with Crippen LogP contribution in [0.3, 0.4) is 0 Å². The van der Waals surface area contributed by atoms with Crippen molar-refractivity contribution in [1.82, 2.24) is 14.8 Å². The number of aromatic nitrogens is 3. The van der Waals surface area contributed by atoms with Crippen LogP contribution in [0.25, 0.3) is 10.9 Å². The molecule has 0 atom stereocenters.